The van der Waals surface area contributed by atoms with Gasteiger partial charge in [-0.3, -0.25) is 9.78 Å². The van der Waals surface area contributed by atoms with Crippen molar-refractivity contribution >= 4 is 22.9 Å². The average Bonchev–Trinajstić information content (AvgIpc) is 3.27. The van der Waals surface area contributed by atoms with Gasteiger partial charge in [0.2, 0.25) is 0 Å². The summed E-state index contributed by atoms with van der Waals surface area (Å²) in [6.07, 6.45) is 1.62. The fourth-order valence-electron chi connectivity index (χ4n) is 2.73. The minimum atomic E-state index is -0.209. The molecule has 0 aliphatic rings. The molecule has 2 N–H and O–H groups in total. The second-order valence-electron chi connectivity index (χ2n) is 6.32. The number of pyridine rings is 1. The van der Waals surface area contributed by atoms with Crippen molar-refractivity contribution in [3.63, 3.8) is 0 Å². The van der Waals surface area contributed by atoms with E-state index in [9.17, 15) is 4.79 Å². The van der Waals surface area contributed by atoms with Crippen LogP contribution in [0.2, 0.25) is 0 Å². The first kappa shape index (κ1) is 18.8. The Labute approximate surface area is 172 Å². The standard InChI is InChI=1S/C22H19N5OS/c28-21(25-14-16-7-3-1-4-8-16)19-13-18(11-12-23-19)24-15-20-26-27-22(29-20)17-9-5-2-6-10-17/h1-13H,14-15H2,(H,23,24)(H,25,28). The Morgan fingerprint density at radius 3 is 2.45 bits per heavy atom. The SMILES string of the molecule is O=C(NCc1ccccc1)c1cc(NCc2nnc(-c3ccccc3)s2)ccn1. The van der Waals surface area contributed by atoms with Crippen LogP contribution < -0.4 is 10.6 Å². The summed E-state index contributed by atoms with van der Waals surface area (Å²) in [5.74, 6) is -0.209. The monoisotopic (exact) mass is 401 g/mol. The quantitative estimate of drug-likeness (QED) is 0.486. The molecule has 7 heteroatoms. The zero-order chi connectivity index (χ0) is 19.9. The van der Waals surface area contributed by atoms with Crippen molar-refractivity contribution in [1.82, 2.24) is 20.5 Å². The lowest BCUT2D eigenvalue weighted by atomic mass is 10.2. The van der Waals surface area contributed by atoms with Gasteiger partial charge in [-0.15, -0.1) is 10.2 Å². The number of hydrogen-bond acceptors (Lipinski definition) is 6. The summed E-state index contributed by atoms with van der Waals surface area (Å²) in [4.78, 5) is 16.6. The third-order valence-corrected chi connectivity index (χ3v) is 5.19. The summed E-state index contributed by atoms with van der Waals surface area (Å²) >= 11 is 1.54. The highest BCUT2D eigenvalue weighted by Crippen LogP contribution is 2.23. The molecule has 0 aliphatic carbocycles. The van der Waals surface area contributed by atoms with Crippen LogP contribution in [0.5, 0.6) is 0 Å². The number of anilines is 1. The van der Waals surface area contributed by atoms with Crippen LogP contribution in [-0.4, -0.2) is 21.1 Å². The van der Waals surface area contributed by atoms with Crippen LogP contribution in [0.4, 0.5) is 5.69 Å². The number of nitrogens with one attached hydrogen (secondary N) is 2. The summed E-state index contributed by atoms with van der Waals surface area (Å²) in [6, 6.07) is 23.3. The van der Waals surface area contributed by atoms with Crippen LogP contribution >= 0.6 is 11.3 Å². The topological polar surface area (TPSA) is 79.8 Å². The van der Waals surface area contributed by atoms with E-state index in [1.54, 1.807) is 23.6 Å². The van der Waals surface area contributed by atoms with E-state index in [2.05, 4.69) is 25.8 Å². The Hall–Kier alpha value is -3.58. The van der Waals surface area contributed by atoms with E-state index in [-0.39, 0.29) is 5.91 Å². The van der Waals surface area contributed by atoms with Crippen molar-refractivity contribution in [3.05, 3.63) is 95.3 Å². The molecule has 4 rings (SSSR count). The minimum Gasteiger partial charge on any atom is -0.378 e. The molecule has 6 nitrogen and oxygen atoms in total. The van der Waals surface area contributed by atoms with Crippen molar-refractivity contribution in [1.29, 1.82) is 0 Å². The molecule has 2 aromatic heterocycles. The van der Waals surface area contributed by atoms with Gasteiger partial charge >= 0.3 is 0 Å². The maximum Gasteiger partial charge on any atom is 0.270 e. The molecule has 0 saturated heterocycles. The molecule has 0 aliphatic heterocycles. The minimum absolute atomic E-state index is 0.209. The van der Waals surface area contributed by atoms with Crippen LogP contribution in [-0.2, 0) is 13.1 Å². The number of amides is 1. The number of carbonyl (C=O) groups excluding carboxylic acids is 1. The Morgan fingerprint density at radius 2 is 1.66 bits per heavy atom. The summed E-state index contributed by atoms with van der Waals surface area (Å²) in [5, 5.41) is 16.4. The summed E-state index contributed by atoms with van der Waals surface area (Å²) in [5.41, 5.74) is 3.27. The molecule has 0 bridgehead atoms. The summed E-state index contributed by atoms with van der Waals surface area (Å²) in [6.45, 7) is 0.992. The fourth-order valence-corrected chi connectivity index (χ4v) is 3.52. The second-order valence-corrected chi connectivity index (χ2v) is 7.38. The van der Waals surface area contributed by atoms with Gasteiger partial charge < -0.3 is 10.6 Å². The fraction of sp³-hybridized carbons (Fsp3) is 0.0909. The Morgan fingerprint density at radius 1 is 0.897 bits per heavy atom. The van der Waals surface area contributed by atoms with E-state index in [0.29, 0.717) is 18.8 Å². The van der Waals surface area contributed by atoms with Gasteiger partial charge in [0.1, 0.15) is 15.7 Å². The van der Waals surface area contributed by atoms with Crippen molar-refractivity contribution in [2.45, 2.75) is 13.1 Å². The summed E-state index contributed by atoms with van der Waals surface area (Å²) in [7, 11) is 0. The molecule has 0 saturated carbocycles. The molecule has 0 radical (unpaired) electrons. The molecule has 2 aromatic carbocycles. The van der Waals surface area contributed by atoms with Gasteiger partial charge in [0.25, 0.3) is 5.91 Å². The number of rotatable bonds is 7. The molecule has 144 valence electrons. The third-order valence-electron chi connectivity index (χ3n) is 4.22. The van der Waals surface area contributed by atoms with Gasteiger partial charge in [-0.25, -0.2) is 0 Å². The highest BCUT2D eigenvalue weighted by Gasteiger charge is 2.09. The average molecular weight is 401 g/mol. The first-order valence-corrected chi connectivity index (χ1v) is 9.99. The zero-order valence-electron chi connectivity index (χ0n) is 15.6. The molecule has 0 spiro atoms. The van der Waals surface area contributed by atoms with E-state index in [1.807, 2.05) is 66.7 Å². The van der Waals surface area contributed by atoms with Crippen molar-refractivity contribution in [3.8, 4) is 10.6 Å². The van der Waals surface area contributed by atoms with E-state index < -0.39 is 0 Å². The highest BCUT2D eigenvalue weighted by molar-refractivity contribution is 7.14. The summed E-state index contributed by atoms with van der Waals surface area (Å²) < 4.78 is 0. The van der Waals surface area contributed by atoms with Gasteiger partial charge in [0, 0.05) is 24.0 Å². The van der Waals surface area contributed by atoms with Gasteiger partial charge in [-0.2, -0.15) is 0 Å². The normalized spacial score (nSPS) is 10.5. The second kappa shape index (κ2) is 9.07. The van der Waals surface area contributed by atoms with Gasteiger partial charge in [-0.05, 0) is 17.7 Å². The molecule has 29 heavy (non-hydrogen) atoms. The molecule has 4 aromatic rings. The zero-order valence-corrected chi connectivity index (χ0v) is 16.4. The smallest absolute Gasteiger partial charge is 0.270 e. The van der Waals surface area contributed by atoms with Gasteiger partial charge in [0.05, 0.1) is 6.54 Å². The van der Waals surface area contributed by atoms with E-state index in [1.165, 1.54) is 0 Å². The van der Waals surface area contributed by atoms with Crippen LogP contribution in [0.1, 0.15) is 21.1 Å². The van der Waals surface area contributed by atoms with Crippen LogP contribution in [0.3, 0.4) is 0 Å². The number of aromatic nitrogens is 3. The highest BCUT2D eigenvalue weighted by atomic mass is 32.1. The van der Waals surface area contributed by atoms with Gasteiger partial charge in [-0.1, -0.05) is 72.0 Å². The number of nitrogens with zero attached hydrogens (tertiary/aromatic N) is 3. The van der Waals surface area contributed by atoms with Crippen molar-refractivity contribution in [2.24, 2.45) is 0 Å². The molecule has 0 fully saturated rings. The number of carbonyl (C=O) groups is 1. The molecular weight excluding hydrogens is 382 g/mol. The van der Waals surface area contributed by atoms with E-state index in [4.69, 9.17) is 0 Å². The lowest BCUT2D eigenvalue weighted by molar-refractivity contribution is 0.0946. The molecule has 0 atom stereocenters. The van der Waals surface area contributed by atoms with Crippen LogP contribution in [0, 0.1) is 0 Å². The molecule has 2 heterocycles. The van der Waals surface area contributed by atoms with E-state index >= 15 is 0 Å². The van der Waals surface area contributed by atoms with Crippen LogP contribution in [0.15, 0.2) is 79.0 Å². The first-order chi connectivity index (χ1) is 14.3. The Balaban J connectivity index is 1.35. The lowest BCUT2D eigenvalue weighted by Crippen LogP contribution is -2.23. The number of benzene rings is 2. The predicted molar refractivity (Wildman–Crippen MR) is 115 cm³/mol. The van der Waals surface area contributed by atoms with Crippen LogP contribution in [0.25, 0.3) is 10.6 Å². The first-order valence-electron chi connectivity index (χ1n) is 9.18. The third kappa shape index (κ3) is 5.03. The largest absolute Gasteiger partial charge is 0.378 e. The predicted octanol–water partition coefficient (Wildman–Crippen LogP) is 4.14. The van der Waals surface area contributed by atoms with Crippen molar-refractivity contribution < 1.29 is 4.79 Å². The molecular formula is C22H19N5OS. The van der Waals surface area contributed by atoms with Crippen molar-refractivity contribution in [2.75, 3.05) is 5.32 Å². The maximum atomic E-state index is 12.4. The molecule has 0 unspecified atom stereocenters. The van der Waals surface area contributed by atoms with E-state index in [0.717, 1.165) is 26.8 Å². The Kier molecular flexibility index (Phi) is 5.87. The lowest BCUT2D eigenvalue weighted by Gasteiger charge is -2.07. The van der Waals surface area contributed by atoms with Gasteiger partial charge in [0.15, 0.2) is 0 Å². The number of hydrogen-bond donors (Lipinski definition) is 2. The molecule has 1 amide bonds. The Bertz CT molecular complexity index is 1080. The maximum absolute atomic E-state index is 12.4.